The summed E-state index contributed by atoms with van der Waals surface area (Å²) in [7, 11) is 0. The zero-order valence-electron chi connectivity index (χ0n) is 19.7. The van der Waals surface area contributed by atoms with Crippen LogP contribution >= 0.6 is 11.3 Å². The maximum atomic E-state index is 11.8. The average molecular weight is 473 g/mol. The van der Waals surface area contributed by atoms with Crippen molar-refractivity contribution in [2.45, 2.75) is 53.4 Å². The lowest BCUT2D eigenvalue weighted by Gasteiger charge is -1.98. The highest BCUT2D eigenvalue weighted by Crippen LogP contribution is 2.33. The van der Waals surface area contributed by atoms with E-state index in [1.807, 2.05) is 26.8 Å². The number of thiazole rings is 1. The van der Waals surface area contributed by atoms with Crippen molar-refractivity contribution in [1.82, 2.24) is 24.7 Å². The monoisotopic (exact) mass is 472 g/mol. The molecule has 1 saturated carbocycles. The first-order chi connectivity index (χ1) is 15.9. The van der Waals surface area contributed by atoms with Crippen LogP contribution in [0.25, 0.3) is 16.2 Å². The Labute approximate surface area is 198 Å². The van der Waals surface area contributed by atoms with Gasteiger partial charge in [-0.15, -0.1) is 13.2 Å². The molecule has 33 heavy (non-hydrogen) atoms. The number of hydrogen-bond acceptors (Lipinski definition) is 7. The van der Waals surface area contributed by atoms with Gasteiger partial charge in [0.05, 0.1) is 6.61 Å². The number of H-pyrrole nitrogens is 1. The van der Waals surface area contributed by atoms with Gasteiger partial charge in [-0.25, -0.2) is 14.8 Å². The summed E-state index contributed by atoms with van der Waals surface area (Å²) >= 11 is 1.33. The van der Waals surface area contributed by atoms with Crippen molar-refractivity contribution in [3.05, 3.63) is 43.0 Å². The zero-order chi connectivity index (χ0) is 24.4. The number of aromatic nitrogens is 5. The second-order valence-electron chi connectivity index (χ2n) is 7.18. The minimum absolute atomic E-state index is 0.00754. The minimum Gasteiger partial charge on any atom is -0.461 e. The quantitative estimate of drug-likeness (QED) is 0.340. The molecule has 0 saturated heterocycles. The number of allylic oxidation sites excluding steroid dienone is 2. The molecule has 2 N–H and O–H groups in total. The van der Waals surface area contributed by atoms with E-state index in [1.54, 1.807) is 17.7 Å². The molecule has 4 rings (SSSR count). The van der Waals surface area contributed by atoms with Crippen molar-refractivity contribution in [3.8, 4) is 5.82 Å². The van der Waals surface area contributed by atoms with Crippen LogP contribution < -0.4 is 5.32 Å². The third-order valence-corrected chi connectivity index (χ3v) is 5.33. The third-order valence-electron chi connectivity index (χ3n) is 4.36. The number of anilines is 1. The highest BCUT2D eigenvalue weighted by Gasteiger charge is 2.30. The largest absolute Gasteiger partial charge is 0.461 e. The second-order valence-corrected chi connectivity index (χ2v) is 8.18. The molecule has 10 heteroatoms. The van der Waals surface area contributed by atoms with Crippen LogP contribution in [0.3, 0.4) is 0 Å². The number of carbonyl (C=O) groups excluding carboxylic acids is 2. The Morgan fingerprint density at radius 1 is 1.39 bits per heavy atom. The first-order valence-electron chi connectivity index (χ1n) is 11.1. The lowest BCUT2D eigenvalue weighted by Crippen LogP contribution is -2.12. The standard InChI is InChI=1S/C14H14N6O3S.C7H12.C2H6/c1-2-23-13(22)8-5-20(6-15-8)11-9-10(18-19-11)16-14(24-9)17-12(21)7-3-4-7;1-4-5-6-7(2)3;1-2/h5-7H,2-4H2,1H3,(H2,16,17,18,19,21);4H,1-2,5-6H2,3H3;1-2H3. The molecule has 3 aromatic rings. The zero-order valence-corrected chi connectivity index (χ0v) is 20.5. The Morgan fingerprint density at radius 3 is 2.70 bits per heavy atom. The van der Waals surface area contributed by atoms with Crippen LogP contribution in [0.4, 0.5) is 5.13 Å². The van der Waals surface area contributed by atoms with Crippen molar-refractivity contribution < 1.29 is 14.3 Å². The topological polar surface area (TPSA) is 115 Å². The fraction of sp³-hybridized carbons (Fsp3) is 0.435. The lowest BCUT2D eigenvalue weighted by molar-refractivity contribution is -0.117. The molecule has 1 amide bonds. The van der Waals surface area contributed by atoms with Gasteiger partial charge >= 0.3 is 5.97 Å². The number of carbonyl (C=O) groups is 2. The number of aromatic amines is 1. The van der Waals surface area contributed by atoms with E-state index >= 15 is 0 Å². The molecule has 9 nitrogen and oxygen atoms in total. The number of amides is 1. The summed E-state index contributed by atoms with van der Waals surface area (Å²) in [5.74, 6) is 0.209. The van der Waals surface area contributed by atoms with E-state index < -0.39 is 5.97 Å². The van der Waals surface area contributed by atoms with Crippen molar-refractivity contribution in [2.24, 2.45) is 5.92 Å². The highest BCUT2D eigenvalue weighted by atomic mass is 32.1. The molecule has 0 aliphatic heterocycles. The van der Waals surface area contributed by atoms with Crippen molar-refractivity contribution >= 4 is 38.7 Å². The van der Waals surface area contributed by atoms with E-state index in [2.05, 4.69) is 38.6 Å². The molecular formula is C23H32N6O3S. The van der Waals surface area contributed by atoms with Gasteiger partial charge in [-0.05, 0) is 39.5 Å². The molecule has 0 radical (unpaired) electrons. The summed E-state index contributed by atoms with van der Waals surface area (Å²) in [4.78, 5) is 31.9. The van der Waals surface area contributed by atoms with Gasteiger partial charge in [0, 0.05) is 12.1 Å². The van der Waals surface area contributed by atoms with Gasteiger partial charge in [0.1, 0.15) is 11.0 Å². The van der Waals surface area contributed by atoms with Gasteiger partial charge in [0.15, 0.2) is 22.3 Å². The Kier molecular flexibility index (Phi) is 9.99. The van der Waals surface area contributed by atoms with Gasteiger partial charge in [-0.2, -0.15) is 5.10 Å². The molecule has 0 bridgehead atoms. The van der Waals surface area contributed by atoms with E-state index in [4.69, 9.17) is 4.74 Å². The molecule has 0 spiro atoms. The second kappa shape index (κ2) is 12.7. The van der Waals surface area contributed by atoms with Gasteiger partial charge < -0.3 is 10.1 Å². The van der Waals surface area contributed by atoms with Crippen molar-refractivity contribution in [2.75, 3.05) is 11.9 Å². The number of hydrogen-bond donors (Lipinski definition) is 2. The number of rotatable bonds is 8. The predicted octanol–water partition coefficient (Wildman–Crippen LogP) is 5.29. The molecule has 0 atom stereocenters. The SMILES string of the molecule is C=CCCC(=C)C.CC.CCOC(=O)c1cn(-c2n[nH]c3nc(NC(=O)C4CC4)sc23)cn1. The van der Waals surface area contributed by atoms with Crippen LogP contribution in [0, 0.1) is 5.92 Å². The molecular weight excluding hydrogens is 440 g/mol. The molecule has 1 aliphatic carbocycles. The first kappa shape index (κ1) is 26.0. The van der Waals surface area contributed by atoms with E-state index in [1.165, 1.54) is 23.2 Å². The van der Waals surface area contributed by atoms with Crippen LogP contribution in [-0.2, 0) is 9.53 Å². The van der Waals surface area contributed by atoms with Gasteiger partial charge in [0.2, 0.25) is 5.91 Å². The van der Waals surface area contributed by atoms with Crippen LogP contribution in [0.2, 0.25) is 0 Å². The van der Waals surface area contributed by atoms with E-state index in [0.717, 1.165) is 30.4 Å². The molecule has 3 heterocycles. The van der Waals surface area contributed by atoms with Crippen molar-refractivity contribution in [3.63, 3.8) is 0 Å². The predicted molar refractivity (Wildman–Crippen MR) is 132 cm³/mol. The summed E-state index contributed by atoms with van der Waals surface area (Å²) in [6, 6.07) is 0. The number of esters is 1. The molecule has 178 valence electrons. The van der Waals surface area contributed by atoms with E-state index in [-0.39, 0.29) is 24.1 Å². The number of nitrogens with one attached hydrogen (secondary N) is 2. The summed E-state index contributed by atoms with van der Waals surface area (Å²) in [5.41, 5.74) is 2.02. The average Bonchev–Trinajstić information content (AvgIpc) is 3.22. The molecule has 1 fully saturated rings. The van der Waals surface area contributed by atoms with Crippen LogP contribution in [0.15, 0.2) is 37.3 Å². The van der Waals surface area contributed by atoms with Crippen LogP contribution in [0.1, 0.15) is 63.9 Å². The minimum atomic E-state index is -0.482. The Bertz CT molecular complexity index is 1090. The Morgan fingerprint density at radius 2 is 2.12 bits per heavy atom. The molecule has 1 aliphatic rings. The molecule has 3 aromatic heterocycles. The number of nitrogens with zero attached hydrogens (tertiary/aromatic N) is 4. The first-order valence-corrected chi connectivity index (χ1v) is 11.9. The summed E-state index contributed by atoms with van der Waals surface area (Å²) in [6.45, 7) is 15.4. The molecule has 0 unspecified atom stereocenters. The van der Waals surface area contributed by atoms with Gasteiger partial charge in [-0.3, -0.25) is 14.5 Å². The summed E-state index contributed by atoms with van der Waals surface area (Å²) in [5, 5.41) is 10.4. The van der Waals surface area contributed by atoms with E-state index in [9.17, 15) is 9.59 Å². The van der Waals surface area contributed by atoms with Gasteiger partial charge in [0.25, 0.3) is 0 Å². The Hall–Kier alpha value is -3.27. The summed E-state index contributed by atoms with van der Waals surface area (Å²) in [6.07, 6.45) is 8.98. The third kappa shape index (κ3) is 7.38. The van der Waals surface area contributed by atoms with E-state index in [0.29, 0.717) is 16.6 Å². The number of imidazole rings is 1. The maximum absolute atomic E-state index is 11.8. The Balaban J connectivity index is 0.000000370. The molecule has 0 aromatic carbocycles. The lowest BCUT2D eigenvalue weighted by atomic mass is 10.2. The fourth-order valence-electron chi connectivity index (χ4n) is 2.58. The van der Waals surface area contributed by atoms with Crippen LogP contribution in [0.5, 0.6) is 0 Å². The smallest absolute Gasteiger partial charge is 0.358 e. The number of ether oxygens (including phenoxy) is 1. The summed E-state index contributed by atoms with van der Waals surface area (Å²) < 4.78 is 7.31. The van der Waals surface area contributed by atoms with Gasteiger partial charge in [-0.1, -0.05) is 36.8 Å². The number of fused-ring (bicyclic) bond motifs is 1. The van der Waals surface area contributed by atoms with Crippen LogP contribution in [-0.4, -0.2) is 43.2 Å². The maximum Gasteiger partial charge on any atom is 0.358 e. The van der Waals surface area contributed by atoms with Crippen molar-refractivity contribution in [1.29, 1.82) is 0 Å². The normalized spacial score (nSPS) is 12.1. The highest BCUT2D eigenvalue weighted by molar-refractivity contribution is 7.22. The fourth-order valence-corrected chi connectivity index (χ4v) is 3.50.